The molecule has 3 aromatic rings. The summed E-state index contributed by atoms with van der Waals surface area (Å²) in [6.45, 7) is 6.23. The maximum Gasteiger partial charge on any atom is 0.416 e. The molecule has 0 saturated carbocycles. The number of morpholine rings is 1. The first-order valence-corrected chi connectivity index (χ1v) is 11.3. The molecule has 5 rings (SSSR count). The lowest BCUT2D eigenvalue weighted by Gasteiger charge is -2.32. The number of nitrogens with two attached hydrogens (primary N) is 1. The van der Waals surface area contributed by atoms with Crippen LogP contribution in [-0.4, -0.2) is 54.3 Å². The van der Waals surface area contributed by atoms with E-state index in [0.29, 0.717) is 36.1 Å². The molecule has 34 heavy (non-hydrogen) atoms. The van der Waals surface area contributed by atoms with E-state index in [0.717, 1.165) is 55.9 Å². The molecule has 0 radical (unpaired) electrons. The molecule has 0 aliphatic carbocycles. The maximum absolute atomic E-state index is 13.3. The van der Waals surface area contributed by atoms with Crippen molar-refractivity contribution in [3.8, 4) is 0 Å². The Morgan fingerprint density at radius 1 is 1.03 bits per heavy atom. The highest BCUT2D eigenvalue weighted by Crippen LogP contribution is 2.35. The first-order chi connectivity index (χ1) is 16.3. The van der Waals surface area contributed by atoms with Crippen LogP contribution in [0.4, 0.5) is 36.4 Å². The second-order valence-electron chi connectivity index (χ2n) is 8.62. The smallest absolute Gasteiger partial charge is 0.399 e. The molecule has 0 amide bonds. The van der Waals surface area contributed by atoms with E-state index in [4.69, 9.17) is 15.5 Å². The van der Waals surface area contributed by atoms with E-state index in [1.807, 2.05) is 6.07 Å². The Balaban J connectivity index is 1.53. The lowest BCUT2D eigenvalue weighted by molar-refractivity contribution is -0.137. The van der Waals surface area contributed by atoms with Crippen LogP contribution in [0.15, 0.2) is 30.5 Å². The molecule has 2 aliphatic heterocycles. The van der Waals surface area contributed by atoms with Crippen LogP contribution < -0.4 is 20.9 Å². The molecule has 2 aliphatic rings. The van der Waals surface area contributed by atoms with Gasteiger partial charge < -0.3 is 25.6 Å². The van der Waals surface area contributed by atoms with Crippen LogP contribution in [0.1, 0.15) is 30.5 Å². The molecule has 0 unspecified atom stereocenters. The molecule has 1 atom stereocenters. The molecule has 180 valence electrons. The molecule has 0 bridgehead atoms. The highest BCUT2D eigenvalue weighted by atomic mass is 19.4. The number of anilines is 4. The van der Waals surface area contributed by atoms with Gasteiger partial charge in [0.2, 0.25) is 5.95 Å². The van der Waals surface area contributed by atoms with Crippen LogP contribution in [0.2, 0.25) is 0 Å². The number of hydrogen-bond acceptors (Lipinski definition) is 8. The normalized spacial score (nSPS) is 17.5. The zero-order valence-corrected chi connectivity index (χ0v) is 18.8. The fourth-order valence-corrected chi connectivity index (χ4v) is 4.12. The molecule has 2 aromatic heterocycles. The highest BCUT2D eigenvalue weighted by Gasteiger charge is 2.31. The molecule has 0 spiro atoms. The van der Waals surface area contributed by atoms with E-state index in [9.17, 15) is 13.2 Å². The van der Waals surface area contributed by atoms with Crippen LogP contribution in [0.5, 0.6) is 0 Å². The van der Waals surface area contributed by atoms with Gasteiger partial charge in [-0.3, -0.25) is 0 Å². The third-order valence-corrected chi connectivity index (χ3v) is 6.19. The van der Waals surface area contributed by atoms with Gasteiger partial charge in [0.25, 0.3) is 0 Å². The number of nitrogen functional groups attached to an aromatic ring is 1. The number of halogens is 3. The van der Waals surface area contributed by atoms with Gasteiger partial charge in [0.05, 0.1) is 36.5 Å². The van der Waals surface area contributed by atoms with Crippen molar-refractivity contribution in [2.45, 2.75) is 25.6 Å². The SMILES string of the molecule is C[C@@H](Nc1nc(N2CCC2)nc2cnc(N3CCOCC3)cc12)c1cc(N)cc(C(F)(F)F)c1. The number of aromatic nitrogens is 3. The molecule has 3 N–H and O–H groups in total. The van der Waals surface area contributed by atoms with E-state index in [1.54, 1.807) is 19.2 Å². The van der Waals surface area contributed by atoms with Gasteiger partial charge in [0.15, 0.2) is 0 Å². The van der Waals surface area contributed by atoms with E-state index in [2.05, 4.69) is 25.1 Å². The van der Waals surface area contributed by atoms with E-state index >= 15 is 0 Å². The van der Waals surface area contributed by atoms with Gasteiger partial charge in [-0.15, -0.1) is 0 Å². The van der Waals surface area contributed by atoms with Crippen molar-refractivity contribution < 1.29 is 17.9 Å². The van der Waals surface area contributed by atoms with Gasteiger partial charge in [0, 0.05) is 37.3 Å². The third kappa shape index (κ3) is 4.52. The summed E-state index contributed by atoms with van der Waals surface area (Å²) in [7, 11) is 0. The standard InChI is InChI=1S/C23H26F3N7O/c1-14(15-9-16(23(24,25)26)11-17(27)10-15)29-21-18-12-20(32-5-7-34-8-6-32)28-13-19(18)30-22(31-21)33-3-2-4-33/h9-14H,2-8,27H2,1H3,(H,29,30,31)/t14-/m1/s1. The van der Waals surface area contributed by atoms with Crippen LogP contribution in [-0.2, 0) is 10.9 Å². The highest BCUT2D eigenvalue weighted by molar-refractivity contribution is 5.91. The van der Waals surface area contributed by atoms with Crippen molar-refractivity contribution in [2.75, 3.05) is 60.2 Å². The van der Waals surface area contributed by atoms with E-state index in [1.165, 1.54) is 0 Å². The summed E-state index contributed by atoms with van der Waals surface area (Å²) in [4.78, 5) is 18.2. The van der Waals surface area contributed by atoms with Crippen LogP contribution in [0.25, 0.3) is 10.9 Å². The second-order valence-corrected chi connectivity index (χ2v) is 8.62. The largest absolute Gasteiger partial charge is 0.416 e. The van der Waals surface area contributed by atoms with Crippen LogP contribution in [0, 0.1) is 0 Å². The van der Waals surface area contributed by atoms with Gasteiger partial charge in [0.1, 0.15) is 11.6 Å². The minimum absolute atomic E-state index is 0.0612. The molecule has 1 aromatic carbocycles. The molecule has 8 nitrogen and oxygen atoms in total. The number of alkyl halides is 3. The minimum Gasteiger partial charge on any atom is -0.399 e. The van der Waals surface area contributed by atoms with Gasteiger partial charge in [-0.1, -0.05) is 0 Å². The third-order valence-electron chi connectivity index (χ3n) is 6.19. The number of hydrogen-bond donors (Lipinski definition) is 2. The van der Waals surface area contributed by atoms with Crippen molar-refractivity contribution in [2.24, 2.45) is 0 Å². The minimum atomic E-state index is -4.48. The Labute approximate surface area is 194 Å². The quantitative estimate of drug-likeness (QED) is 0.540. The topological polar surface area (TPSA) is 92.4 Å². The molecular weight excluding hydrogens is 447 g/mol. The van der Waals surface area contributed by atoms with Gasteiger partial charge >= 0.3 is 6.18 Å². The Bertz CT molecular complexity index is 1190. The summed E-state index contributed by atoms with van der Waals surface area (Å²) < 4.78 is 45.4. The Hall–Kier alpha value is -3.34. The first-order valence-electron chi connectivity index (χ1n) is 11.3. The number of ether oxygens (including phenoxy) is 1. The predicted octanol–water partition coefficient (Wildman–Crippen LogP) is 3.85. The summed E-state index contributed by atoms with van der Waals surface area (Å²) in [6.07, 6.45) is -1.68. The molecule has 4 heterocycles. The monoisotopic (exact) mass is 473 g/mol. The molecule has 11 heteroatoms. The Morgan fingerprint density at radius 3 is 2.47 bits per heavy atom. The number of fused-ring (bicyclic) bond motifs is 1. The summed E-state index contributed by atoms with van der Waals surface area (Å²) in [5.41, 5.74) is 6.17. The fraction of sp³-hybridized carbons (Fsp3) is 0.435. The van der Waals surface area contributed by atoms with Crippen LogP contribution >= 0.6 is 0 Å². The lowest BCUT2D eigenvalue weighted by atomic mass is 10.0. The van der Waals surface area contributed by atoms with Crippen molar-refractivity contribution in [3.05, 3.63) is 41.6 Å². The maximum atomic E-state index is 13.3. The Morgan fingerprint density at radius 2 is 1.79 bits per heavy atom. The average molecular weight is 474 g/mol. The number of pyridine rings is 1. The van der Waals surface area contributed by atoms with Crippen molar-refractivity contribution >= 4 is 34.2 Å². The van der Waals surface area contributed by atoms with E-state index in [-0.39, 0.29) is 5.69 Å². The molecular formula is C23H26F3N7O. The van der Waals surface area contributed by atoms with Gasteiger partial charge in [-0.25, -0.2) is 9.97 Å². The van der Waals surface area contributed by atoms with E-state index < -0.39 is 17.8 Å². The zero-order chi connectivity index (χ0) is 23.9. The molecule has 2 fully saturated rings. The summed E-state index contributed by atoms with van der Waals surface area (Å²) in [6, 6.07) is 5.06. The van der Waals surface area contributed by atoms with Gasteiger partial charge in [-0.2, -0.15) is 18.2 Å². The summed E-state index contributed by atoms with van der Waals surface area (Å²) in [5, 5.41) is 4.07. The number of nitrogens with zero attached hydrogens (tertiary/aromatic N) is 5. The predicted molar refractivity (Wildman–Crippen MR) is 125 cm³/mol. The number of benzene rings is 1. The number of rotatable bonds is 5. The summed E-state index contributed by atoms with van der Waals surface area (Å²) in [5.74, 6) is 1.92. The summed E-state index contributed by atoms with van der Waals surface area (Å²) >= 11 is 0. The van der Waals surface area contributed by atoms with Crippen molar-refractivity contribution in [1.82, 2.24) is 15.0 Å². The second kappa shape index (κ2) is 8.79. The average Bonchev–Trinajstić information content (AvgIpc) is 2.77. The molecule has 2 saturated heterocycles. The van der Waals surface area contributed by atoms with Crippen molar-refractivity contribution in [3.63, 3.8) is 0 Å². The van der Waals surface area contributed by atoms with Crippen molar-refractivity contribution in [1.29, 1.82) is 0 Å². The number of nitrogens with one attached hydrogen (secondary N) is 1. The lowest BCUT2D eigenvalue weighted by Crippen LogP contribution is -2.38. The Kier molecular flexibility index (Phi) is 5.80. The zero-order valence-electron chi connectivity index (χ0n) is 18.8. The fourth-order valence-electron chi connectivity index (χ4n) is 4.12. The van der Waals surface area contributed by atoms with Gasteiger partial charge in [-0.05, 0) is 43.2 Å². The first kappa shape index (κ1) is 22.5. The van der Waals surface area contributed by atoms with Crippen LogP contribution in [0.3, 0.4) is 0 Å².